The van der Waals surface area contributed by atoms with Crippen LogP contribution in [0.15, 0.2) is 12.2 Å². The van der Waals surface area contributed by atoms with E-state index in [1.807, 2.05) is 0 Å². The molecule has 0 atom stereocenters. The van der Waals surface area contributed by atoms with Crippen molar-refractivity contribution in [3.63, 3.8) is 0 Å². The van der Waals surface area contributed by atoms with E-state index in [0.717, 1.165) is 19.3 Å². The van der Waals surface area contributed by atoms with E-state index in [1.165, 1.54) is 0 Å². The van der Waals surface area contributed by atoms with Crippen molar-refractivity contribution in [3.8, 4) is 0 Å². The highest BCUT2D eigenvalue weighted by atomic mass is 16.1. The van der Waals surface area contributed by atoms with Gasteiger partial charge >= 0.3 is 0 Å². The van der Waals surface area contributed by atoms with Crippen LogP contribution in [0.2, 0.25) is 0 Å². The second-order valence-corrected chi connectivity index (χ2v) is 1.92. The summed E-state index contributed by atoms with van der Waals surface area (Å²) < 4.78 is 0. The molecule has 1 aliphatic carbocycles. The van der Waals surface area contributed by atoms with Crippen molar-refractivity contribution in [1.29, 1.82) is 0 Å². The van der Waals surface area contributed by atoms with E-state index in [9.17, 15) is 4.79 Å². The lowest BCUT2D eigenvalue weighted by Crippen LogP contribution is -2.24. The summed E-state index contributed by atoms with van der Waals surface area (Å²) in [6, 6.07) is 0.382. The number of carbonyl (C=O) groups excluding carboxylic acids is 1. The van der Waals surface area contributed by atoms with E-state index in [0.29, 0.717) is 6.04 Å². The Morgan fingerprint density at radius 1 is 1.50 bits per heavy atom. The molecule has 1 N–H and O–H groups in total. The summed E-state index contributed by atoms with van der Waals surface area (Å²) in [6.45, 7) is 0. The Bertz CT molecular complexity index is 101. The highest BCUT2D eigenvalue weighted by Gasteiger charge is 2.06. The van der Waals surface area contributed by atoms with Gasteiger partial charge in [0.15, 0.2) is 0 Å². The quantitative estimate of drug-likeness (QED) is 0.407. The van der Waals surface area contributed by atoms with E-state index in [4.69, 9.17) is 0 Å². The molecule has 0 saturated heterocycles. The van der Waals surface area contributed by atoms with E-state index < -0.39 is 0 Å². The first-order valence-electron chi connectivity index (χ1n) is 2.78. The number of rotatable bonds is 2. The molecular formula is C6H9NO. The molecule has 44 valence electrons. The van der Waals surface area contributed by atoms with Gasteiger partial charge in [-0.25, -0.2) is 0 Å². The highest BCUT2D eigenvalue weighted by molar-refractivity contribution is 5.47. The van der Waals surface area contributed by atoms with Crippen molar-refractivity contribution in [2.45, 2.75) is 18.9 Å². The minimum Gasteiger partial charge on any atom is -0.355 e. The van der Waals surface area contributed by atoms with Crippen LogP contribution in [-0.4, -0.2) is 12.5 Å². The average molecular weight is 111 g/mol. The van der Waals surface area contributed by atoms with Crippen molar-refractivity contribution in [3.05, 3.63) is 12.2 Å². The van der Waals surface area contributed by atoms with Gasteiger partial charge in [-0.2, -0.15) is 0 Å². The summed E-state index contributed by atoms with van der Waals surface area (Å²) in [5, 5.41) is 2.70. The summed E-state index contributed by atoms with van der Waals surface area (Å²) in [7, 11) is 0. The van der Waals surface area contributed by atoms with Gasteiger partial charge in [-0.05, 0) is 12.8 Å². The second-order valence-electron chi connectivity index (χ2n) is 1.92. The van der Waals surface area contributed by atoms with Crippen LogP contribution in [0.1, 0.15) is 12.8 Å². The maximum Gasteiger partial charge on any atom is 0.207 e. The summed E-state index contributed by atoms with van der Waals surface area (Å²) in [6.07, 6.45) is 6.93. The molecule has 2 heteroatoms. The Morgan fingerprint density at radius 2 is 2.12 bits per heavy atom. The molecule has 0 aromatic heterocycles. The molecule has 1 aliphatic rings. The molecule has 0 aromatic carbocycles. The van der Waals surface area contributed by atoms with Crippen molar-refractivity contribution in [2.24, 2.45) is 0 Å². The monoisotopic (exact) mass is 111 g/mol. The lowest BCUT2D eigenvalue weighted by Gasteiger charge is -2.03. The fourth-order valence-corrected chi connectivity index (χ4v) is 0.850. The molecule has 0 bridgehead atoms. The zero-order valence-electron chi connectivity index (χ0n) is 4.63. The van der Waals surface area contributed by atoms with Crippen LogP contribution in [0.5, 0.6) is 0 Å². The lowest BCUT2D eigenvalue weighted by atomic mass is 10.2. The van der Waals surface area contributed by atoms with Crippen LogP contribution in [0.3, 0.4) is 0 Å². The molecule has 0 heterocycles. The standard InChI is InChI=1S/C6H9NO/c8-5-7-6-3-1-2-4-6/h1-2,5-6H,3-4H2,(H,7,8). The Balaban J connectivity index is 2.19. The smallest absolute Gasteiger partial charge is 0.207 e. The minimum absolute atomic E-state index is 0.382. The lowest BCUT2D eigenvalue weighted by molar-refractivity contribution is -0.110. The van der Waals surface area contributed by atoms with E-state index in [-0.39, 0.29) is 0 Å². The Hall–Kier alpha value is -0.790. The first-order chi connectivity index (χ1) is 3.93. The van der Waals surface area contributed by atoms with Crippen LogP contribution in [0.25, 0.3) is 0 Å². The zero-order valence-corrected chi connectivity index (χ0v) is 4.63. The van der Waals surface area contributed by atoms with Gasteiger partial charge < -0.3 is 5.32 Å². The number of amides is 1. The highest BCUT2D eigenvalue weighted by Crippen LogP contribution is 2.07. The van der Waals surface area contributed by atoms with E-state index >= 15 is 0 Å². The number of carbonyl (C=O) groups is 1. The molecule has 2 nitrogen and oxygen atoms in total. The number of nitrogens with one attached hydrogen (secondary N) is 1. The van der Waals surface area contributed by atoms with Gasteiger partial charge in [0.2, 0.25) is 6.41 Å². The topological polar surface area (TPSA) is 29.1 Å². The summed E-state index contributed by atoms with van der Waals surface area (Å²) in [5.74, 6) is 0. The van der Waals surface area contributed by atoms with Crippen LogP contribution in [0, 0.1) is 0 Å². The van der Waals surface area contributed by atoms with Gasteiger partial charge in [-0.1, -0.05) is 12.2 Å². The van der Waals surface area contributed by atoms with Crippen LogP contribution >= 0.6 is 0 Å². The van der Waals surface area contributed by atoms with Gasteiger partial charge in [0.25, 0.3) is 0 Å². The third-order valence-corrected chi connectivity index (χ3v) is 1.31. The van der Waals surface area contributed by atoms with Gasteiger partial charge in [0.1, 0.15) is 0 Å². The van der Waals surface area contributed by atoms with Crippen molar-refractivity contribution in [1.82, 2.24) is 5.32 Å². The first-order valence-corrected chi connectivity index (χ1v) is 2.78. The van der Waals surface area contributed by atoms with Gasteiger partial charge in [-0.15, -0.1) is 0 Å². The summed E-state index contributed by atoms with van der Waals surface area (Å²) >= 11 is 0. The summed E-state index contributed by atoms with van der Waals surface area (Å²) in [4.78, 5) is 9.82. The average Bonchev–Trinajstić information content (AvgIpc) is 2.19. The minimum atomic E-state index is 0.382. The third kappa shape index (κ3) is 1.09. The van der Waals surface area contributed by atoms with Crippen LogP contribution in [0.4, 0.5) is 0 Å². The van der Waals surface area contributed by atoms with Crippen molar-refractivity contribution >= 4 is 6.41 Å². The molecule has 8 heavy (non-hydrogen) atoms. The summed E-state index contributed by atoms with van der Waals surface area (Å²) in [5.41, 5.74) is 0. The molecule has 0 unspecified atom stereocenters. The maximum atomic E-state index is 9.82. The first kappa shape index (κ1) is 5.35. The van der Waals surface area contributed by atoms with Gasteiger partial charge in [0.05, 0.1) is 0 Å². The molecule has 0 radical (unpaired) electrons. The molecule has 0 fully saturated rings. The molecule has 0 spiro atoms. The van der Waals surface area contributed by atoms with Crippen LogP contribution < -0.4 is 5.32 Å². The van der Waals surface area contributed by atoms with Crippen LogP contribution in [-0.2, 0) is 4.79 Å². The molecule has 0 saturated carbocycles. The fourth-order valence-electron chi connectivity index (χ4n) is 0.850. The van der Waals surface area contributed by atoms with E-state index in [2.05, 4.69) is 17.5 Å². The van der Waals surface area contributed by atoms with Gasteiger partial charge in [0, 0.05) is 6.04 Å². The normalized spacial score (nSPS) is 19.0. The fraction of sp³-hybridized carbons (Fsp3) is 0.500. The molecule has 1 amide bonds. The largest absolute Gasteiger partial charge is 0.355 e. The maximum absolute atomic E-state index is 9.82. The number of hydrogen-bond acceptors (Lipinski definition) is 1. The molecule has 1 rings (SSSR count). The Kier molecular flexibility index (Phi) is 1.67. The number of hydrogen-bond donors (Lipinski definition) is 1. The molecule has 0 aromatic rings. The molecular weight excluding hydrogens is 102 g/mol. The SMILES string of the molecule is O=CNC1CC=CC1. The Labute approximate surface area is 48.6 Å². The predicted molar refractivity (Wildman–Crippen MR) is 31.4 cm³/mol. The van der Waals surface area contributed by atoms with Crippen molar-refractivity contribution in [2.75, 3.05) is 0 Å². The third-order valence-electron chi connectivity index (χ3n) is 1.31. The predicted octanol–water partition coefficient (Wildman–Crippen LogP) is 0.451. The van der Waals surface area contributed by atoms with E-state index in [1.54, 1.807) is 0 Å². The Morgan fingerprint density at radius 3 is 2.62 bits per heavy atom. The van der Waals surface area contributed by atoms with Gasteiger partial charge in [-0.3, -0.25) is 4.79 Å². The van der Waals surface area contributed by atoms with Crippen molar-refractivity contribution < 1.29 is 4.79 Å². The zero-order chi connectivity index (χ0) is 5.82. The molecule has 0 aliphatic heterocycles. The second kappa shape index (κ2) is 2.50.